The molecule has 0 amide bonds. The van der Waals surface area contributed by atoms with E-state index in [9.17, 15) is 10.5 Å². The van der Waals surface area contributed by atoms with Gasteiger partial charge in [0, 0.05) is 73.3 Å². The van der Waals surface area contributed by atoms with E-state index in [0.717, 1.165) is 33.2 Å². The van der Waals surface area contributed by atoms with Gasteiger partial charge in [0.25, 0.3) is 0 Å². The third-order valence-electron chi connectivity index (χ3n) is 10.1. The van der Waals surface area contributed by atoms with Gasteiger partial charge in [-0.3, -0.25) is 0 Å². The summed E-state index contributed by atoms with van der Waals surface area (Å²) in [5.41, 5.74) is 7.80. The van der Waals surface area contributed by atoms with Crippen molar-refractivity contribution in [2.75, 3.05) is 0 Å². The lowest BCUT2D eigenvalue weighted by molar-refractivity contribution is 1.18. The quantitative estimate of drug-likeness (QED) is 0.184. The smallest absolute Gasteiger partial charge is 0.0991 e. The number of rotatable bonds is 2. The Morgan fingerprint density at radius 3 is 1.52 bits per heavy atom. The van der Waals surface area contributed by atoms with Crippen molar-refractivity contribution < 1.29 is 0 Å². The van der Waals surface area contributed by atoms with Crippen LogP contribution < -0.4 is 0 Å². The first kappa shape index (κ1) is 27.5. The van der Waals surface area contributed by atoms with E-state index < -0.39 is 0 Å². The fraction of sp³-hybridized carbons (Fsp3) is 0. The first-order chi connectivity index (χ1) is 24.7. The molecule has 0 radical (unpaired) electrons. The number of para-hydroxylation sites is 1. The van der Waals surface area contributed by atoms with Crippen molar-refractivity contribution in [3.8, 4) is 23.5 Å². The van der Waals surface area contributed by atoms with Gasteiger partial charge in [0.05, 0.1) is 45.3 Å². The molecule has 0 spiro atoms. The first-order valence-electron chi connectivity index (χ1n) is 16.4. The molecule has 0 aliphatic heterocycles. The van der Waals surface area contributed by atoms with Crippen molar-refractivity contribution in [3.63, 3.8) is 0 Å². The lowest BCUT2D eigenvalue weighted by Crippen LogP contribution is -1.94. The predicted octanol–water partition coefficient (Wildman–Crippen LogP) is 12.4. The van der Waals surface area contributed by atoms with Gasteiger partial charge < -0.3 is 9.13 Å². The van der Waals surface area contributed by atoms with Crippen LogP contribution in [0, 0.1) is 22.7 Å². The third kappa shape index (κ3) is 3.72. The average Bonchev–Trinajstić information content (AvgIpc) is 3.90. The lowest BCUT2D eigenvalue weighted by Gasteiger charge is -2.10. The number of hydrogen-bond donors (Lipinski definition) is 0. The molecule has 0 saturated heterocycles. The minimum absolute atomic E-state index is 0.601. The number of nitriles is 2. The number of hydrogen-bond acceptors (Lipinski definition) is 4. The van der Waals surface area contributed by atoms with E-state index in [2.05, 4.69) is 118 Å². The van der Waals surface area contributed by atoms with Crippen LogP contribution in [0.2, 0.25) is 0 Å². The highest BCUT2D eigenvalue weighted by molar-refractivity contribution is 7.26. The Morgan fingerprint density at radius 1 is 0.360 bits per heavy atom. The summed E-state index contributed by atoms with van der Waals surface area (Å²) in [6, 6.07) is 51.9. The van der Waals surface area contributed by atoms with Gasteiger partial charge in [-0.05, 0) is 97.1 Å². The number of nitrogens with zero attached hydrogens (tertiary/aromatic N) is 4. The molecule has 6 heteroatoms. The second-order valence-corrected chi connectivity index (χ2v) is 15.0. The van der Waals surface area contributed by atoms with Gasteiger partial charge in [-0.2, -0.15) is 10.5 Å². The molecule has 4 aromatic heterocycles. The summed E-state index contributed by atoms with van der Waals surface area (Å²) in [6.07, 6.45) is 0. The van der Waals surface area contributed by atoms with E-state index in [1.807, 2.05) is 59.1 Å². The highest BCUT2D eigenvalue weighted by atomic mass is 32.1. The Labute approximate surface area is 293 Å². The number of aromatic nitrogens is 2. The summed E-state index contributed by atoms with van der Waals surface area (Å²) < 4.78 is 9.78. The number of benzene rings is 7. The van der Waals surface area contributed by atoms with E-state index in [-0.39, 0.29) is 0 Å². The molecule has 0 aliphatic carbocycles. The van der Waals surface area contributed by atoms with Crippen LogP contribution in [0.4, 0.5) is 0 Å². The zero-order chi connectivity index (χ0) is 33.1. The van der Waals surface area contributed by atoms with Gasteiger partial charge in [-0.25, -0.2) is 0 Å². The highest BCUT2D eigenvalue weighted by Gasteiger charge is 2.18. The second kappa shape index (κ2) is 10.0. The van der Waals surface area contributed by atoms with Crippen LogP contribution in [0.15, 0.2) is 133 Å². The van der Waals surface area contributed by atoms with Crippen molar-refractivity contribution >= 4 is 107 Å². The summed E-state index contributed by atoms with van der Waals surface area (Å²) in [5.74, 6) is 0. The minimum Gasteiger partial charge on any atom is -0.309 e. The zero-order valence-corrected chi connectivity index (χ0v) is 27.9. The van der Waals surface area contributed by atoms with Crippen LogP contribution >= 0.6 is 22.7 Å². The van der Waals surface area contributed by atoms with E-state index in [4.69, 9.17) is 0 Å². The molecule has 0 atom stereocenters. The van der Waals surface area contributed by atoms with Crippen LogP contribution in [0.1, 0.15) is 11.1 Å². The van der Waals surface area contributed by atoms with Gasteiger partial charge in [0.1, 0.15) is 0 Å². The zero-order valence-electron chi connectivity index (χ0n) is 26.3. The SMILES string of the molecule is N#Cc1ccc2c(c1)c1cc(C#N)ccc1n2-c1ccc2sc3ccc(-n4c5ccccc5c5cc6sc7ccccc7c6cc54)cc3c2c1. The summed E-state index contributed by atoms with van der Waals surface area (Å²) in [5, 5.41) is 28.8. The second-order valence-electron chi connectivity index (χ2n) is 12.8. The molecule has 0 fully saturated rings. The summed E-state index contributed by atoms with van der Waals surface area (Å²) in [7, 11) is 0. The number of fused-ring (bicyclic) bond motifs is 12. The minimum atomic E-state index is 0.601. The van der Waals surface area contributed by atoms with E-state index >= 15 is 0 Å². The number of thiophene rings is 2. The maximum absolute atomic E-state index is 9.67. The Hall–Kier alpha value is -6.44. The molecular weight excluding hydrogens is 649 g/mol. The monoisotopic (exact) mass is 670 g/mol. The molecule has 4 heterocycles. The summed E-state index contributed by atoms with van der Waals surface area (Å²) in [4.78, 5) is 0. The fourth-order valence-corrected chi connectivity index (χ4v) is 10.1. The van der Waals surface area contributed by atoms with E-state index in [1.165, 1.54) is 62.2 Å². The molecule has 0 aliphatic rings. The van der Waals surface area contributed by atoms with Gasteiger partial charge in [0.15, 0.2) is 0 Å². The molecule has 0 bridgehead atoms. The Balaban J connectivity index is 1.17. The molecule has 50 heavy (non-hydrogen) atoms. The summed E-state index contributed by atoms with van der Waals surface area (Å²) in [6.45, 7) is 0. The Kier molecular flexibility index (Phi) is 5.52. The molecule has 7 aromatic carbocycles. The highest BCUT2D eigenvalue weighted by Crippen LogP contribution is 2.43. The molecule has 0 saturated carbocycles. The third-order valence-corrected chi connectivity index (χ3v) is 12.4. The largest absolute Gasteiger partial charge is 0.309 e. The van der Waals surface area contributed by atoms with Crippen LogP contribution in [0.5, 0.6) is 0 Å². The molecule has 230 valence electrons. The fourth-order valence-electron chi connectivity index (χ4n) is 7.94. The first-order valence-corrected chi connectivity index (χ1v) is 18.0. The van der Waals surface area contributed by atoms with E-state index in [1.54, 1.807) is 0 Å². The Morgan fingerprint density at radius 2 is 0.860 bits per heavy atom. The average molecular weight is 671 g/mol. The van der Waals surface area contributed by atoms with Crippen LogP contribution in [0.3, 0.4) is 0 Å². The lowest BCUT2D eigenvalue weighted by atomic mass is 10.1. The molecule has 4 nitrogen and oxygen atoms in total. The molecule has 11 aromatic rings. The topological polar surface area (TPSA) is 57.4 Å². The van der Waals surface area contributed by atoms with Crippen molar-refractivity contribution in [3.05, 3.63) is 145 Å². The molecular formula is C44H22N4S2. The Bertz CT molecular complexity index is 3280. The van der Waals surface area contributed by atoms with Crippen molar-refractivity contribution in [2.45, 2.75) is 0 Å². The van der Waals surface area contributed by atoms with Gasteiger partial charge in [0.2, 0.25) is 0 Å². The normalized spacial score (nSPS) is 12.0. The van der Waals surface area contributed by atoms with Crippen molar-refractivity contribution in [1.82, 2.24) is 9.13 Å². The van der Waals surface area contributed by atoms with Crippen LogP contribution in [-0.4, -0.2) is 9.13 Å². The van der Waals surface area contributed by atoms with Crippen LogP contribution in [-0.2, 0) is 0 Å². The van der Waals surface area contributed by atoms with Gasteiger partial charge in [-0.15, -0.1) is 22.7 Å². The van der Waals surface area contributed by atoms with E-state index in [0.29, 0.717) is 11.1 Å². The molecule has 11 rings (SSSR count). The van der Waals surface area contributed by atoms with Crippen molar-refractivity contribution in [2.24, 2.45) is 0 Å². The standard InChI is InChI=1S/C44H22N4S2/c45-23-25-9-13-38-31(17-25)32-18-26(24-46)10-14-39(32)47(38)27-11-15-42-34(19-27)35-20-28(12-16-43(35)49-42)48-37-7-3-1-5-29(37)33-22-44-36(21-40(33)48)30-6-2-4-8-41(30)50-44/h1-22H. The summed E-state index contributed by atoms with van der Waals surface area (Å²) >= 11 is 3.67. The molecule has 0 unspecified atom stereocenters. The van der Waals surface area contributed by atoms with Crippen molar-refractivity contribution in [1.29, 1.82) is 10.5 Å². The van der Waals surface area contributed by atoms with Gasteiger partial charge in [-0.1, -0.05) is 36.4 Å². The maximum atomic E-state index is 9.67. The van der Waals surface area contributed by atoms with Crippen LogP contribution in [0.25, 0.3) is 95.3 Å². The maximum Gasteiger partial charge on any atom is 0.0991 e. The predicted molar refractivity (Wildman–Crippen MR) is 210 cm³/mol. The molecule has 0 N–H and O–H groups in total. The van der Waals surface area contributed by atoms with Gasteiger partial charge >= 0.3 is 0 Å².